The van der Waals surface area contributed by atoms with E-state index in [-0.39, 0.29) is 12.0 Å². The third-order valence-corrected chi connectivity index (χ3v) is 7.19. The second-order valence-corrected chi connectivity index (χ2v) is 8.77. The largest absolute Gasteiger partial charge is 0.355 e. The Morgan fingerprint density at radius 1 is 1.07 bits per heavy atom. The number of H-pyrrole nitrogens is 1. The van der Waals surface area contributed by atoms with Crippen LogP contribution in [0.2, 0.25) is 0 Å². The molecule has 148 valence electrons. The molecule has 2 aromatic heterocycles. The molecule has 1 aromatic carbocycles. The van der Waals surface area contributed by atoms with Crippen LogP contribution in [-0.4, -0.2) is 45.6 Å². The quantitative estimate of drug-likeness (QED) is 0.748. The molecule has 2 saturated heterocycles. The van der Waals surface area contributed by atoms with Crippen molar-refractivity contribution < 1.29 is 4.79 Å². The van der Waals surface area contributed by atoms with Gasteiger partial charge in [-0.15, -0.1) is 0 Å². The Morgan fingerprint density at radius 3 is 2.72 bits per heavy atom. The van der Waals surface area contributed by atoms with E-state index in [1.54, 1.807) is 0 Å². The molecule has 1 aliphatic carbocycles. The lowest BCUT2D eigenvalue weighted by Gasteiger charge is -2.35. The van der Waals surface area contributed by atoms with Crippen molar-refractivity contribution in [1.82, 2.24) is 20.1 Å². The van der Waals surface area contributed by atoms with E-state index >= 15 is 0 Å². The molecule has 3 atom stereocenters. The monoisotopic (exact) mass is 387 g/mol. The van der Waals surface area contributed by atoms with E-state index in [2.05, 4.69) is 55.3 Å². The molecule has 0 bridgehead atoms. The topological polar surface area (TPSA) is 65.1 Å². The van der Waals surface area contributed by atoms with Crippen molar-refractivity contribution in [3.8, 4) is 0 Å². The second kappa shape index (κ2) is 6.58. The third kappa shape index (κ3) is 2.65. The molecular formula is C23H25N5O. The zero-order valence-electron chi connectivity index (χ0n) is 16.4. The van der Waals surface area contributed by atoms with Gasteiger partial charge in [0.1, 0.15) is 5.82 Å². The van der Waals surface area contributed by atoms with E-state index < -0.39 is 0 Å². The summed E-state index contributed by atoms with van der Waals surface area (Å²) in [5, 5.41) is 8.32. The molecule has 0 spiro atoms. The Bertz CT molecular complexity index is 1040. The number of aromatic amines is 1. The van der Waals surface area contributed by atoms with Gasteiger partial charge in [0.15, 0.2) is 0 Å². The number of likely N-dealkylation sites (tertiary alicyclic amines) is 1. The first-order valence-electron chi connectivity index (χ1n) is 10.7. The predicted octanol–water partition coefficient (Wildman–Crippen LogP) is 3.39. The van der Waals surface area contributed by atoms with Gasteiger partial charge in [-0.25, -0.2) is 4.98 Å². The molecule has 6 heteroatoms. The molecule has 1 amide bonds. The zero-order valence-corrected chi connectivity index (χ0v) is 16.4. The Hall–Kier alpha value is -2.89. The van der Waals surface area contributed by atoms with Crippen molar-refractivity contribution in [1.29, 1.82) is 0 Å². The van der Waals surface area contributed by atoms with Gasteiger partial charge in [0.2, 0.25) is 5.91 Å². The van der Waals surface area contributed by atoms with Gasteiger partial charge in [-0.1, -0.05) is 36.8 Å². The number of anilines is 1. The van der Waals surface area contributed by atoms with Crippen LogP contribution in [0.1, 0.15) is 30.9 Å². The van der Waals surface area contributed by atoms with Gasteiger partial charge in [-0.05, 0) is 24.5 Å². The number of pyridine rings is 1. The van der Waals surface area contributed by atoms with E-state index in [0.29, 0.717) is 17.7 Å². The smallest absolute Gasteiger partial charge is 0.226 e. The fourth-order valence-electron chi connectivity index (χ4n) is 5.52. The Morgan fingerprint density at radius 2 is 1.93 bits per heavy atom. The van der Waals surface area contributed by atoms with E-state index in [4.69, 9.17) is 0 Å². The number of benzene rings is 1. The van der Waals surface area contributed by atoms with Crippen molar-refractivity contribution >= 4 is 22.6 Å². The summed E-state index contributed by atoms with van der Waals surface area (Å²) in [4.78, 5) is 22.5. The van der Waals surface area contributed by atoms with E-state index in [1.165, 1.54) is 12.0 Å². The highest BCUT2D eigenvalue weighted by atomic mass is 16.2. The molecule has 0 radical (unpaired) electrons. The van der Waals surface area contributed by atoms with Crippen LogP contribution < -0.4 is 4.90 Å². The summed E-state index contributed by atoms with van der Waals surface area (Å²) in [7, 11) is 0. The predicted molar refractivity (Wildman–Crippen MR) is 111 cm³/mol. The van der Waals surface area contributed by atoms with Gasteiger partial charge < -0.3 is 9.80 Å². The second-order valence-electron chi connectivity index (χ2n) is 8.77. The van der Waals surface area contributed by atoms with Gasteiger partial charge in [0, 0.05) is 43.6 Å². The maximum Gasteiger partial charge on any atom is 0.226 e. The average molecular weight is 387 g/mol. The maximum atomic E-state index is 13.2. The van der Waals surface area contributed by atoms with Gasteiger partial charge in [-0.3, -0.25) is 9.89 Å². The minimum Gasteiger partial charge on any atom is -0.355 e. The number of fused-ring (bicyclic) bond motifs is 2. The summed E-state index contributed by atoms with van der Waals surface area (Å²) < 4.78 is 0. The van der Waals surface area contributed by atoms with Crippen LogP contribution in [0.5, 0.6) is 0 Å². The highest BCUT2D eigenvalue weighted by Crippen LogP contribution is 2.47. The number of aromatic nitrogens is 3. The molecular weight excluding hydrogens is 362 g/mol. The van der Waals surface area contributed by atoms with Crippen LogP contribution >= 0.6 is 0 Å². The Balaban J connectivity index is 1.33. The van der Waals surface area contributed by atoms with Crippen molar-refractivity contribution in [2.24, 2.45) is 17.8 Å². The maximum absolute atomic E-state index is 13.2. The lowest BCUT2D eigenvalue weighted by Crippen LogP contribution is -2.41. The first-order chi connectivity index (χ1) is 14.3. The fraction of sp³-hybridized carbons (Fsp3) is 0.435. The van der Waals surface area contributed by atoms with Crippen molar-refractivity contribution in [3.05, 3.63) is 54.4 Å². The highest BCUT2D eigenvalue weighted by molar-refractivity contribution is 5.89. The van der Waals surface area contributed by atoms with Gasteiger partial charge >= 0.3 is 0 Å². The minimum absolute atomic E-state index is 0.169. The lowest BCUT2D eigenvalue weighted by molar-refractivity contribution is -0.139. The SMILES string of the molecule is O=C(C1CCC1)N1C[C@@H]2CN(c3nccc4[nH]ncc34)C[C@@H]2[C@H]1c1ccccc1. The van der Waals surface area contributed by atoms with Gasteiger partial charge in [0.05, 0.1) is 23.1 Å². The van der Waals surface area contributed by atoms with E-state index in [0.717, 1.165) is 49.2 Å². The van der Waals surface area contributed by atoms with Gasteiger partial charge in [-0.2, -0.15) is 5.10 Å². The summed E-state index contributed by atoms with van der Waals surface area (Å²) in [6.45, 7) is 2.73. The summed E-state index contributed by atoms with van der Waals surface area (Å²) in [6, 6.07) is 12.7. The first kappa shape index (κ1) is 17.0. The molecule has 1 saturated carbocycles. The lowest BCUT2D eigenvalue weighted by atomic mass is 9.83. The van der Waals surface area contributed by atoms with Crippen LogP contribution in [0.4, 0.5) is 5.82 Å². The average Bonchev–Trinajstić information content (AvgIpc) is 3.40. The molecule has 1 N–H and O–H groups in total. The molecule has 2 aliphatic heterocycles. The van der Waals surface area contributed by atoms with Gasteiger partial charge in [0.25, 0.3) is 0 Å². The molecule has 4 heterocycles. The standard InChI is InChI=1S/C23H25N5O/c29-23(16-7-4-8-16)28-13-17-12-27(22-18-11-25-26-20(18)9-10-24-22)14-19(17)21(28)15-5-2-1-3-6-15/h1-3,5-6,9-11,16-17,19,21H,4,7-8,12-14H2,(H,25,26)/t17-,19-,21+/m0/s1. The number of carbonyl (C=O) groups excluding carboxylic acids is 1. The molecule has 3 aromatic rings. The number of hydrogen-bond donors (Lipinski definition) is 1. The van der Waals surface area contributed by atoms with Crippen LogP contribution in [0.15, 0.2) is 48.8 Å². The van der Waals surface area contributed by atoms with Crippen LogP contribution in [0, 0.1) is 17.8 Å². The molecule has 6 rings (SSSR count). The van der Waals surface area contributed by atoms with E-state index in [9.17, 15) is 4.79 Å². The first-order valence-corrected chi connectivity index (χ1v) is 10.7. The Labute approximate surface area is 169 Å². The van der Waals surface area contributed by atoms with Crippen molar-refractivity contribution in [2.75, 3.05) is 24.5 Å². The van der Waals surface area contributed by atoms with Crippen LogP contribution in [0.25, 0.3) is 10.9 Å². The van der Waals surface area contributed by atoms with Crippen molar-refractivity contribution in [3.63, 3.8) is 0 Å². The zero-order chi connectivity index (χ0) is 19.4. The molecule has 29 heavy (non-hydrogen) atoms. The summed E-state index contributed by atoms with van der Waals surface area (Å²) in [6.07, 6.45) is 7.04. The van der Waals surface area contributed by atoms with Crippen LogP contribution in [-0.2, 0) is 4.79 Å². The normalized spacial score (nSPS) is 26.7. The Kier molecular flexibility index (Phi) is 3.86. The number of amides is 1. The minimum atomic E-state index is 0.169. The van der Waals surface area contributed by atoms with Crippen molar-refractivity contribution in [2.45, 2.75) is 25.3 Å². The fourth-order valence-corrected chi connectivity index (χ4v) is 5.52. The molecule has 3 fully saturated rings. The number of rotatable bonds is 3. The summed E-state index contributed by atoms with van der Waals surface area (Å²) in [5.74, 6) is 2.55. The number of hydrogen-bond acceptors (Lipinski definition) is 4. The number of nitrogens with one attached hydrogen (secondary N) is 1. The summed E-state index contributed by atoms with van der Waals surface area (Å²) in [5.41, 5.74) is 2.29. The highest BCUT2D eigenvalue weighted by Gasteiger charge is 2.50. The third-order valence-electron chi connectivity index (χ3n) is 7.19. The van der Waals surface area contributed by atoms with E-state index in [1.807, 2.05) is 18.5 Å². The molecule has 6 nitrogen and oxygen atoms in total. The molecule has 0 unspecified atom stereocenters. The molecule has 3 aliphatic rings. The summed E-state index contributed by atoms with van der Waals surface area (Å²) >= 11 is 0. The van der Waals surface area contributed by atoms with Crippen LogP contribution in [0.3, 0.4) is 0 Å². The number of carbonyl (C=O) groups is 1. The number of nitrogens with zero attached hydrogens (tertiary/aromatic N) is 4.